The van der Waals surface area contributed by atoms with Gasteiger partial charge in [-0.05, 0) is 37.9 Å². The average Bonchev–Trinajstić information content (AvgIpc) is 2.70. The summed E-state index contributed by atoms with van der Waals surface area (Å²) in [5.74, 6) is 0.500. The van der Waals surface area contributed by atoms with Gasteiger partial charge in [0, 0.05) is 18.8 Å². The number of pyridine rings is 1. The van der Waals surface area contributed by atoms with Crippen LogP contribution in [-0.2, 0) is 11.3 Å². The van der Waals surface area contributed by atoms with Crippen molar-refractivity contribution in [1.82, 2.24) is 15.2 Å². The zero-order valence-corrected chi connectivity index (χ0v) is 10.7. The summed E-state index contributed by atoms with van der Waals surface area (Å²) in [7, 11) is 0. The fraction of sp³-hybridized carbons (Fsp3) is 0.571. The highest BCUT2D eigenvalue weighted by Crippen LogP contribution is 2.27. The maximum Gasteiger partial charge on any atom is 0.227 e. The molecule has 1 aromatic rings. The van der Waals surface area contributed by atoms with Crippen LogP contribution in [0.3, 0.4) is 0 Å². The molecule has 1 N–H and O–H groups in total. The van der Waals surface area contributed by atoms with Crippen molar-refractivity contribution in [2.75, 3.05) is 13.1 Å². The Hall–Kier alpha value is -1.42. The molecule has 1 aromatic heterocycles. The number of hydrogen-bond donors (Lipinski definition) is 1. The molecule has 3 rings (SSSR count). The van der Waals surface area contributed by atoms with Crippen LogP contribution in [-0.4, -0.2) is 34.9 Å². The van der Waals surface area contributed by atoms with E-state index in [1.54, 1.807) is 6.20 Å². The zero-order valence-electron chi connectivity index (χ0n) is 10.7. The van der Waals surface area contributed by atoms with Crippen LogP contribution in [0.5, 0.6) is 0 Å². The minimum absolute atomic E-state index is 0.197. The number of amides is 1. The molecular weight excluding hydrogens is 226 g/mol. The van der Waals surface area contributed by atoms with Gasteiger partial charge >= 0.3 is 0 Å². The average molecular weight is 245 g/mol. The maximum absolute atomic E-state index is 12.3. The number of carbonyl (C=O) groups excluding carboxylic acids is 1. The zero-order chi connectivity index (χ0) is 12.5. The summed E-state index contributed by atoms with van der Waals surface area (Å²) in [6.45, 7) is 4.58. The number of nitrogens with zero attached hydrogens (tertiary/aromatic N) is 2. The first kappa shape index (κ1) is 11.7. The summed E-state index contributed by atoms with van der Waals surface area (Å²) in [4.78, 5) is 18.7. The molecule has 1 amide bonds. The molecule has 0 spiro atoms. The first-order chi connectivity index (χ1) is 8.75. The second-order valence-electron chi connectivity index (χ2n) is 5.30. The molecule has 0 aromatic carbocycles. The predicted molar refractivity (Wildman–Crippen MR) is 68.9 cm³/mol. The minimum atomic E-state index is 0.197. The predicted octanol–water partition coefficient (Wildman–Crippen LogP) is 1.10. The molecule has 2 aliphatic rings. The minimum Gasteiger partial charge on any atom is -0.335 e. The molecular formula is C14H19N3O. The van der Waals surface area contributed by atoms with Crippen LogP contribution in [0, 0.1) is 12.8 Å². The van der Waals surface area contributed by atoms with Crippen molar-refractivity contribution in [3.8, 4) is 0 Å². The molecule has 96 valence electrons. The summed E-state index contributed by atoms with van der Waals surface area (Å²) >= 11 is 0. The van der Waals surface area contributed by atoms with Crippen LogP contribution in [0.4, 0.5) is 0 Å². The van der Waals surface area contributed by atoms with Gasteiger partial charge in [0.25, 0.3) is 0 Å². The standard InChI is InChI=1S/C14H19N3O/c1-10-4-2-6-15-12(10)8-17-9-13-11(14(17)18)5-3-7-16-13/h2,4,6,11,13,16H,3,5,7-9H2,1H3. The summed E-state index contributed by atoms with van der Waals surface area (Å²) < 4.78 is 0. The summed E-state index contributed by atoms with van der Waals surface area (Å²) in [6, 6.07) is 4.34. The maximum atomic E-state index is 12.3. The van der Waals surface area contributed by atoms with E-state index < -0.39 is 0 Å². The highest BCUT2D eigenvalue weighted by molar-refractivity contribution is 5.82. The van der Waals surface area contributed by atoms with Gasteiger partial charge in [0.1, 0.15) is 0 Å². The van der Waals surface area contributed by atoms with Crippen LogP contribution in [0.1, 0.15) is 24.1 Å². The lowest BCUT2D eigenvalue weighted by Crippen LogP contribution is -2.41. The highest BCUT2D eigenvalue weighted by Gasteiger charge is 2.41. The van der Waals surface area contributed by atoms with Crippen molar-refractivity contribution in [3.05, 3.63) is 29.6 Å². The summed E-state index contributed by atoms with van der Waals surface area (Å²) in [6.07, 6.45) is 3.95. The van der Waals surface area contributed by atoms with Gasteiger partial charge in [-0.25, -0.2) is 0 Å². The van der Waals surface area contributed by atoms with Gasteiger partial charge in [0.2, 0.25) is 5.91 Å². The van der Waals surface area contributed by atoms with Crippen LogP contribution in [0.15, 0.2) is 18.3 Å². The van der Waals surface area contributed by atoms with Crippen LogP contribution in [0.25, 0.3) is 0 Å². The monoisotopic (exact) mass is 245 g/mol. The fourth-order valence-electron chi connectivity index (χ4n) is 3.01. The van der Waals surface area contributed by atoms with Gasteiger partial charge < -0.3 is 10.2 Å². The van der Waals surface area contributed by atoms with E-state index in [0.717, 1.165) is 37.2 Å². The van der Waals surface area contributed by atoms with Gasteiger partial charge in [-0.2, -0.15) is 0 Å². The number of carbonyl (C=O) groups is 1. The molecule has 2 aliphatic heterocycles. The largest absolute Gasteiger partial charge is 0.335 e. The normalized spacial score (nSPS) is 27.4. The smallest absolute Gasteiger partial charge is 0.227 e. The number of hydrogen-bond acceptors (Lipinski definition) is 3. The molecule has 2 unspecified atom stereocenters. The van der Waals surface area contributed by atoms with Gasteiger partial charge in [-0.3, -0.25) is 9.78 Å². The third-order valence-corrected chi connectivity index (χ3v) is 4.09. The Bertz CT molecular complexity index is 460. The Balaban J connectivity index is 1.74. The molecule has 0 radical (unpaired) electrons. The van der Waals surface area contributed by atoms with E-state index in [9.17, 15) is 4.79 Å². The Morgan fingerprint density at radius 3 is 3.22 bits per heavy atom. The molecule has 2 atom stereocenters. The van der Waals surface area contributed by atoms with Crippen molar-refractivity contribution in [2.24, 2.45) is 5.92 Å². The van der Waals surface area contributed by atoms with Crippen molar-refractivity contribution in [1.29, 1.82) is 0 Å². The fourth-order valence-corrected chi connectivity index (χ4v) is 3.01. The van der Waals surface area contributed by atoms with Crippen molar-refractivity contribution in [2.45, 2.75) is 32.4 Å². The Labute approximate surface area is 107 Å². The van der Waals surface area contributed by atoms with E-state index in [1.807, 2.05) is 24.0 Å². The molecule has 0 saturated carbocycles. The van der Waals surface area contributed by atoms with Gasteiger partial charge in [-0.15, -0.1) is 0 Å². The van der Waals surface area contributed by atoms with Crippen molar-refractivity contribution in [3.63, 3.8) is 0 Å². The molecule has 4 heteroatoms. The second-order valence-corrected chi connectivity index (χ2v) is 5.30. The van der Waals surface area contributed by atoms with Crippen LogP contribution >= 0.6 is 0 Å². The third kappa shape index (κ3) is 2.01. The number of likely N-dealkylation sites (tertiary alicyclic amines) is 1. The van der Waals surface area contributed by atoms with Crippen LogP contribution in [0.2, 0.25) is 0 Å². The highest BCUT2D eigenvalue weighted by atomic mass is 16.2. The first-order valence-corrected chi connectivity index (χ1v) is 6.68. The lowest BCUT2D eigenvalue weighted by atomic mass is 9.94. The molecule has 2 saturated heterocycles. The van der Waals surface area contributed by atoms with E-state index in [4.69, 9.17) is 0 Å². The Kier molecular flexibility index (Phi) is 3.04. The first-order valence-electron chi connectivity index (χ1n) is 6.68. The van der Waals surface area contributed by atoms with Crippen molar-refractivity contribution >= 4 is 5.91 Å². The molecule has 0 bridgehead atoms. The number of fused-ring (bicyclic) bond motifs is 1. The summed E-state index contributed by atoms with van der Waals surface area (Å²) in [5, 5.41) is 3.46. The quantitative estimate of drug-likeness (QED) is 0.848. The number of nitrogens with one attached hydrogen (secondary N) is 1. The number of aryl methyl sites for hydroxylation is 1. The Morgan fingerprint density at radius 2 is 2.44 bits per heavy atom. The van der Waals surface area contributed by atoms with Gasteiger partial charge in [0.15, 0.2) is 0 Å². The molecule has 0 aliphatic carbocycles. The van der Waals surface area contributed by atoms with E-state index >= 15 is 0 Å². The lowest BCUT2D eigenvalue weighted by Gasteiger charge is -2.23. The van der Waals surface area contributed by atoms with E-state index in [0.29, 0.717) is 18.5 Å². The van der Waals surface area contributed by atoms with Gasteiger partial charge in [0.05, 0.1) is 18.2 Å². The SMILES string of the molecule is Cc1cccnc1CN1CC2NCCCC2C1=O. The third-order valence-electron chi connectivity index (χ3n) is 4.09. The lowest BCUT2D eigenvalue weighted by molar-refractivity contribution is -0.132. The Morgan fingerprint density at radius 1 is 1.56 bits per heavy atom. The van der Waals surface area contributed by atoms with Gasteiger partial charge in [-0.1, -0.05) is 6.07 Å². The van der Waals surface area contributed by atoms with Crippen molar-refractivity contribution < 1.29 is 4.79 Å². The van der Waals surface area contributed by atoms with Crippen LogP contribution < -0.4 is 5.32 Å². The molecule has 2 fully saturated rings. The number of rotatable bonds is 2. The molecule has 3 heterocycles. The molecule has 4 nitrogen and oxygen atoms in total. The summed E-state index contributed by atoms with van der Waals surface area (Å²) in [5.41, 5.74) is 2.18. The number of aromatic nitrogens is 1. The molecule has 18 heavy (non-hydrogen) atoms. The topological polar surface area (TPSA) is 45.2 Å². The second kappa shape index (κ2) is 4.69. The number of piperidine rings is 1. The van der Waals surface area contributed by atoms with E-state index in [2.05, 4.69) is 10.3 Å². The van der Waals surface area contributed by atoms with E-state index in [1.165, 1.54) is 0 Å². The van der Waals surface area contributed by atoms with E-state index in [-0.39, 0.29) is 5.92 Å².